The van der Waals surface area contributed by atoms with Crippen LogP contribution in [0.3, 0.4) is 0 Å². The summed E-state index contributed by atoms with van der Waals surface area (Å²) < 4.78 is 0. The molecule has 0 unspecified atom stereocenters. The summed E-state index contributed by atoms with van der Waals surface area (Å²) >= 11 is 0. The number of carbonyl (C=O) groups excluding carboxylic acids is 5. The number of primary amides is 2. The van der Waals surface area contributed by atoms with Gasteiger partial charge in [0.25, 0.3) is 0 Å². The highest BCUT2D eigenvalue weighted by atomic mass is 16.4. The number of hydrogen-bond donors (Lipinski definition) is 9. The topological polar surface area (TPSA) is 283 Å². The molecule has 39 heavy (non-hydrogen) atoms. The van der Waals surface area contributed by atoms with Crippen LogP contribution in [0.15, 0.2) is 24.3 Å². The first-order chi connectivity index (χ1) is 18.3. The molecule has 0 radical (unpaired) electrons. The van der Waals surface area contributed by atoms with E-state index in [2.05, 4.69) is 16.0 Å². The number of carboxylic acids is 1. The summed E-state index contributed by atoms with van der Waals surface area (Å²) in [4.78, 5) is 72.8. The van der Waals surface area contributed by atoms with Crippen molar-refractivity contribution >= 4 is 35.5 Å². The second kappa shape index (κ2) is 16.6. The van der Waals surface area contributed by atoms with Crippen molar-refractivity contribution in [2.45, 2.75) is 69.1 Å². The quantitative estimate of drug-likeness (QED) is 0.0837. The third kappa shape index (κ3) is 12.7. The van der Waals surface area contributed by atoms with Gasteiger partial charge in [0.05, 0.1) is 12.5 Å². The van der Waals surface area contributed by atoms with E-state index in [1.54, 1.807) is 0 Å². The van der Waals surface area contributed by atoms with Crippen LogP contribution in [0.4, 0.5) is 0 Å². The number of hydrogen-bond acceptors (Lipinski definition) is 9. The molecule has 0 aliphatic heterocycles. The minimum absolute atomic E-state index is 0.0104. The van der Waals surface area contributed by atoms with Crippen molar-refractivity contribution in [2.24, 2.45) is 22.9 Å². The van der Waals surface area contributed by atoms with E-state index < -0.39 is 66.1 Å². The van der Waals surface area contributed by atoms with Crippen molar-refractivity contribution in [1.29, 1.82) is 0 Å². The molecule has 0 heterocycles. The summed E-state index contributed by atoms with van der Waals surface area (Å²) in [6.45, 7) is 0.310. The van der Waals surface area contributed by atoms with Crippen molar-refractivity contribution in [3.8, 4) is 5.75 Å². The normalized spacial score (nSPS) is 13.8. The number of aliphatic carboxylic acids is 1. The van der Waals surface area contributed by atoms with Gasteiger partial charge in [0.1, 0.15) is 23.9 Å². The maximum atomic E-state index is 13.1. The lowest BCUT2D eigenvalue weighted by Crippen LogP contribution is -2.58. The fraction of sp³-hybridized carbons (Fsp3) is 0.500. The lowest BCUT2D eigenvalue weighted by molar-refractivity contribution is -0.142. The summed E-state index contributed by atoms with van der Waals surface area (Å²) in [5.41, 5.74) is 22.0. The van der Waals surface area contributed by atoms with Crippen LogP contribution in [-0.2, 0) is 35.2 Å². The molecule has 0 aliphatic rings. The first-order valence-electron chi connectivity index (χ1n) is 12.3. The highest BCUT2D eigenvalue weighted by Gasteiger charge is 2.31. The molecule has 1 rings (SSSR count). The van der Waals surface area contributed by atoms with E-state index >= 15 is 0 Å². The van der Waals surface area contributed by atoms with Crippen molar-refractivity contribution in [2.75, 3.05) is 6.54 Å². The number of benzene rings is 1. The minimum Gasteiger partial charge on any atom is -0.508 e. The van der Waals surface area contributed by atoms with Gasteiger partial charge in [0, 0.05) is 12.8 Å². The lowest BCUT2D eigenvalue weighted by atomic mass is 10.0. The minimum atomic E-state index is -1.49. The molecule has 1 aromatic carbocycles. The Labute approximate surface area is 225 Å². The Morgan fingerprint density at radius 3 is 1.87 bits per heavy atom. The summed E-state index contributed by atoms with van der Waals surface area (Å²) in [6.07, 6.45) is -0.0195. The number of aromatic hydroxyl groups is 1. The van der Waals surface area contributed by atoms with Crippen LogP contribution in [0.25, 0.3) is 0 Å². The second-order valence-electron chi connectivity index (χ2n) is 8.96. The number of amides is 5. The maximum Gasteiger partial charge on any atom is 0.326 e. The van der Waals surface area contributed by atoms with Crippen LogP contribution in [-0.4, -0.2) is 76.4 Å². The van der Waals surface area contributed by atoms with Crippen molar-refractivity contribution in [3.63, 3.8) is 0 Å². The second-order valence-corrected chi connectivity index (χ2v) is 8.96. The van der Waals surface area contributed by atoms with E-state index in [0.717, 1.165) is 0 Å². The molecule has 15 heteroatoms. The Morgan fingerprint density at radius 1 is 0.769 bits per heavy atom. The van der Waals surface area contributed by atoms with Crippen LogP contribution in [0.1, 0.15) is 44.1 Å². The number of carbonyl (C=O) groups is 6. The molecule has 13 N–H and O–H groups in total. The Bertz CT molecular complexity index is 1020. The van der Waals surface area contributed by atoms with Crippen molar-refractivity contribution < 1.29 is 39.0 Å². The van der Waals surface area contributed by atoms with Gasteiger partial charge in [-0.05, 0) is 49.9 Å². The molecule has 0 bridgehead atoms. The van der Waals surface area contributed by atoms with Gasteiger partial charge in [-0.25, -0.2) is 4.79 Å². The van der Waals surface area contributed by atoms with Crippen molar-refractivity contribution in [3.05, 3.63) is 29.8 Å². The Kier molecular flexibility index (Phi) is 13.9. The zero-order chi connectivity index (χ0) is 29.5. The van der Waals surface area contributed by atoms with Gasteiger partial charge < -0.3 is 49.1 Å². The first-order valence-corrected chi connectivity index (χ1v) is 12.3. The highest BCUT2D eigenvalue weighted by Crippen LogP contribution is 2.12. The molecule has 4 atom stereocenters. The molecule has 0 saturated carbocycles. The molecule has 1 aromatic rings. The third-order valence-electron chi connectivity index (χ3n) is 5.65. The van der Waals surface area contributed by atoms with Gasteiger partial charge in [-0.3, -0.25) is 24.0 Å². The van der Waals surface area contributed by atoms with Gasteiger partial charge in [-0.2, -0.15) is 0 Å². The summed E-state index contributed by atoms with van der Waals surface area (Å²) in [7, 11) is 0. The van der Waals surface area contributed by atoms with E-state index in [0.29, 0.717) is 24.9 Å². The van der Waals surface area contributed by atoms with Gasteiger partial charge in [0.2, 0.25) is 29.5 Å². The number of unbranched alkanes of at least 4 members (excludes halogenated alkanes) is 1. The average Bonchev–Trinajstić information content (AvgIpc) is 2.86. The van der Waals surface area contributed by atoms with Gasteiger partial charge in [0.15, 0.2) is 0 Å². The van der Waals surface area contributed by atoms with Gasteiger partial charge >= 0.3 is 5.97 Å². The predicted molar refractivity (Wildman–Crippen MR) is 138 cm³/mol. The summed E-state index contributed by atoms with van der Waals surface area (Å²) in [5, 5.41) is 26.2. The van der Waals surface area contributed by atoms with Gasteiger partial charge in [-0.15, -0.1) is 0 Å². The first kappa shape index (κ1) is 32.8. The van der Waals surface area contributed by atoms with Crippen LogP contribution in [0.2, 0.25) is 0 Å². The molecule has 0 aliphatic carbocycles. The van der Waals surface area contributed by atoms with E-state index in [4.69, 9.17) is 22.9 Å². The molecule has 0 spiro atoms. The van der Waals surface area contributed by atoms with Crippen molar-refractivity contribution in [1.82, 2.24) is 16.0 Å². The van der Waals surface area contributed by atoms with E-state index in [1.165, 1.54) is 24.3 Å². The highest BCUT2D eigenvalue weighted by molar-refractivity contribution is 5.96. The monoisotopic (exact) mass is 551 g/mol. The Balaban J connectivity index is 3.02. The average molecular weight is 552 g/mol. The number of nitrogens with two attached hydrogens (primary N) is 4. The van der Waals surface area contributed by atoms with Crippen LogP contribution >= 0.6 is 0 Å². The fourth-order valence-electron chi connectivity index (χ4n) is 3.49. The van der Waals surface area contributed by atoms with Crippen LogP contribution in [0, 0.1) is 0 Å². The molecular weight excluding hydrogens is 514 g/mol. The number of nitrogens with one attached hydrogen (secondary N) is 3. The number of phenols is 1. The van der Waals surface area contributed by atoms with Crippen LogP contribution < -0.4 is 38.9 Å². The Morgan fingerprint density at radius 2 is 1.33 bits per heavy atom. The van der Waals surface area contributed by atoms with E-state index in [-0.39, 0.29) is 31.4 Å². The molecule has 0 saturated heterocycles. The van der Waals surface area contributed by atoms with Gasteiger partial charge in [-0.1, -0.05) is 12.1 Å². The Hall–Kier alpha value is -4.24. The molecule has 0 fully saturated rings. The standard InChI is InChI=1S/C24H37N7O8/c25-10-2-1-3-16(22(36)31-18(24(38)39)11-13-4-6-14(32)7-5-13)29-23(37)17(12-20(28)34)30-21(35)15(26)8-9-19(27)33/h4-7,15-18,32H,1-3,8-12,25-26H2,(H2,27,33)(H2,28,34)(H,29,37)(H,30,35)(H,31,36)(H,38,39)/t15-,16-,17-,18-/m0/s1. The third-order valence-corrected chi connectivity index (χ3v) is 5.65. The lowest BCUT2D eigenvalue weighted by Gasteiger charge is -2.25. The van der Waals surface area contributed by atoms with Crippen LogP contribution in [0.5, 0.6) is 5.75 Å². The van der Waals surface area contributed by atoms with E-state index in [9.17, 15) is 39.0 Å². The molecule has 5 amide bonds. The summed E-state index contributed by atoms with van der Waals surface area (Å²) in [5.74, 6) is -5.53. The predicted octanol–water partition coefficient (Wildman–Crippen LogP) is -2.93. The smallest absolute Gasteiger partial charge is 0.326 e. The molecule has 0 aromatic heterocycles. The molecule has 15 nitrogen and oxygen atoms in total. The maximum absolute atomic E-state index is 13.1. The van der Waals surface area contributed by atoms with E-state index in [1.807, 2.05) is 0 Å². The SMILES string of the molecule is NCCCC[C@H](NC(=O)[C@H](CC(N)=O)NC(=O)[C@@H](N)CCC(N)=O)C(=O)N[C@@H](Cc1ccc(O)cc1)C(=O)O. The largest absolute Gasteiger partial charge is 0.508 e. The summed E-state index contributed by atoms with van der Waals surface area (Å²) in [6, 6.07) is 0.457. The molecular formula is C24H37N7O8. The number of rotatable bonds is 18. The zero-order valence-corrected chi connectivity index (χ0v) is 21.4. The number of phenolic OH excluding ortho intramolecular Hbond substituents is 1. The zero-order valence-electron chi connectivity index (χ0n) is 21.4. The molecule has 216 valence electrons. The number of carboxylic acid groups (broad SMARTS) is 1. The fourth-order valence-corrected chi connectivity index (χ4v) is 3.49.